The van der Waals surface area contributed by atoms with Crippen LogP contribution in [0.1, 0.15) is 34.8 Å². The summed E-state index contributed by atoms with van der Waals surface area (Å²) in [4.78, 5) is 28.6. The van der Waals surface area contributed by atoms with Crippen molar-refractivity contribution in [3.05, 3.63) is 16.1 Å². The van der Waals surface area contributed by atoms with Crippen LogP contribution in [0.15, 0.2) is 5.38 Å². The summed E-state index contributed by atoms with van der Waals surface area (Å²) in [6.45, 7) is 2.48. The molecule has 17 heavy (non-hydrogen) atoms. The van der Waals surface area contributed by atoms with Gasteiger partial charge in [-0.3, -0.25) is 9.59 Å². The first-order chi connectivity index (χ1) is 8.08. The molecule has 2 rings (SSSR count). The van der Waals surface area contributed by atoms with Crippen LogP contribution in [0.3, 0.4) is 0 Å². The fraction of sp³-hybridized carbons (Fsp3) is 0.545. The quantitative estimate of drug-likeness (QED) is 0.888. The second kappa shape index (κ2) is 4.83. The van der Waals surface area contributed by atoms with E-state index in [4.69, 9.17) is 5.11 Å². The van der Waals surface area contributed by atoms with Crippen LogP contribution in [0.4, 0.5) is 0 Å². The first-order valence-corrected chi connectivity index (χ1v) is 6.41. The van der Waals surface area contributed by atoms with Crippen LogP contribution in [0.25, 0.3) is 0 Å². The molecule has 92 valence electrons. The summed E-state index contributed by atoms with van der Waals surface area (Å²) in [6.07, 6.45) is 1.66. The van der Waals surface area contributed by atoms with Crippen molar-refractivity contribution >= 4 is 23.2 Å². The summed E-state index contributed by atoms with van der Waals surface area (Å²) < 4.78 is 0. The molecule has 6 heteroatoms. The Morgan fingerprint density at radius 1 is 1.65 bits per heavy atom. The third-order valence-corrected chi connectivity index (χ3v) is 3.66. The number of likely N-dealkylation sites (tertiary alicyclic amines) is 1. The van der Waals surface area contributed by atoms with Crippen LogP contribution in [-0.2, 0) is 4.79 Å². The molecule has 1 aromatic heterocycles. The number of thiazole rings is 1. The largest absolute Gasteiger partial charge is 0.481 e. The number of aryl methyl sites for hydroxylation is 1. The van der Waals surface area contributed by atoms with Crippen LogP contribution < -0.4 is 0 Å². The zero-order valence-electron chi connectivity index (χ0n) is 9.55. The highest BCUT2D eigenvalue weighted by atomic mass is 32.1. The molecule has 1 aliphatic rings. The molecule has 1 unspecified atom stereocenters. The summed E-state index contributed by atoms with van der Waals surface area (Å²) in [5, 5.41) is 11.4. The number of carbonyl (C=O) groups excluding carboxylic acids is 1. The number of rotatable bonds is 3. The molecule has 1 N–H and O–H groups in total. The average molecular weight is 254 g/mol. The fourth-order valence-electron chi connectivity index (χ4n) is 2.13. The summed E-state index contributed by atoms with van der Waals surface area (Å²) >= 11 is 1.43. The maximum absolute atomic E-state index is 12.1. The molecule has 0 aliphatic carbocycles. The number of carboxylic acids is 1. The van der Waals surface area contributed by atoms with Crippen LogP contribution >= 0.6 is 11.3 Å². The SMILES string of the molecule is Cc1nc(C(=O)N2CCCC2CC(=O)O)cs1. The predicted octanol–water partition coefficient (Wildman–Crippen LogP) is 1.53. The summed E-state index contributed by atoms with van der Waals surface area (Å²) in [5.41, 5.74) is 0.435. The average Bonchev–Trinajstić information content (AvgIpc) is 2.85. The van der Waals surface area contributed by atoms with Crippen molar-refractivity contribution in [1.29, 1.82) is 0 Å². The van der Waals surface area contributed by atoms with E-state index in [1.165, 1.54) is 11.3 Å². The van der Waals surface area contributed by atoms with E-state index in [1.54, 1.807) is 10.3 Å². The first kappa shape index (κ1) is 12.0. The second-order valence-corrected chi connectivity index (χ2v) is 5.21. The number of aliphatic carboxylic acids is 1. The highest BCUT2D eigenvalue weighted by Gasteiger charge is 2.31. The number of carboxylic acid groups (broad SMARTS) is 1. The van der Waals surface area contributed by atoms with Crippen molar-refractivity contribution in [2.75, 3.05) is 6.54 Å². The molecule has 0 aromatic carbocycles. The Morgan fingerprint density at radius 2 is 2.41 bits per heavy atom. The topological polar surface area (TPSA) is 70.5 Å². The van der Waals surface area contributed by atoms with E-state index >= 15 is 0 Å². The monoisotopic (exact) mass is 254 g/mol. The lowest BCUT2D eigenvalue weighted by Crippen LogP contribution is -2.37. The van der Waals surface area contributed by atoms with Crippen molar-refractivity contribution in [1.82, 2.24) is 9.88 Å². The third kappa shape index (κ3) is 2.63. The number of carbonyl (C=O) groups is 2. The van der Waals surface area contributed by atoms with Gasteiger partial charge in [-0.25, -0.2) is 4.98 Å². The smallest absolute Gasteiger partial charge is 0.305 e. The van der Waals surface area contributed by atoms with Gasteiger partial charge in [-0.2, -0.15) is 0 Å². The Kier molecular flexibility index (Phi) is 3.42. The maximum Gasteiger partial charge on any atom is 0.305 e. The molecule has 0 radical (unpaired) electrons. The third-order valence-electron chi connectivity index (χ3n) is 2.89. The van der Waals surface area contributed by atoms with Gasteiger partial charge in [0.2, 0.25) is 0 Å². The molecule has 1 aliphatic heterocycles. The number of amides is 1. The second-order valence-electron chi connectivity index (χ2n) is 4.14. The summed E-state index contributed by atoms with van der Waals surface area (Å²) in [7, 11) is 0. The van der Waals surface area contributed by atoms with Gasteiger partial charge in [-0.1, -0.05) is 0 Å². The van der Waals surface area contributed by atoms with Gasteiger partial charge in [0.25, 0.3) is 5.91 Å². The number of hydrogen-bond donors (Lipinski definition) is 1. The van der Waals surface area contributed by atoms with Gasteiger partial charge in [0.1, 0.15) is 5.69 Å². The van der Waals surface area contributed by atoms with E-state index in [-0.39, 0.29) is 18.4 Å². The molecule has 1 saturated heterocycles. The van der Waals surface area contributed by atoms with Gasteiger partial charge in [0.05, 0.1) is 11.4 Å². The molecule has 0 bridgehead atoms. The van der Waals surface area contributed by atoms with Gasteiger partial charge < -0.3 is 10.0 Å². The van der Waals surface area contributed by atoms with Crippen molar-refractivity contribution < 1.29 is 14.7 Å². The van der Waals surface area contributed by atoms with Crippen LogP contribution in [-0.4, -0.2) is 39.5 Å². The van der Waals surface area contributed by atoms with E-state index < -0.39 is 5.97 Å². The Morgan fingerprint density at radius 3 is 3.00 bits per heavy atom. The maximum atomic E-state index is 12.1. The number of nitrogens with zero attached hydrogens (tertiary/aromatic N) is 2. The summed E-state index contributed by atoms with van der Waals surface area (Å²) in [5.74, 6) is -0.998. The Bertz CT molecular complexity index is 444. The fourth-order valence-corrected chi connectivity index (χ4v) is 2.71. The molecular weight excluding hydrogens is 240 g/mol. The van der Waals surface area contributed by atoms with Crippen LogP contribution in [0, 0.1) is 6.92 Å². The van der Waals surface area contributed by atoms with E-state index in [9.17, 15) is 9.59 Å². The van der Waals surface area contributed by atoms with Crippen molar-refractivity contribution in [3.63, 3.8) is 0 Å². The zero-order chi connectivity index (χ0) is 12.4. The van der Waals surface area contributed by atoms with Crippen LogP contribution in [0.2, 0.25) is 0 Å². The number of aromatic nitrogens is 1. The first-order valence-electron chi connectivity index (χ1n) is 5.53. The van der Waals surface area contributed by atoms with E-state index in [1.807, 2.05) is 6.92 Å². The van der Waals surface area contributed by atoms with Gasteiger partial charge in [0.15, 0.2) is 0 Å². The van der Waals surface area contributed by atoms with Gasteiger partial charge in [0, 0.05) is 18.0 Å². The van der Waals surface area contributed by atoms with Crippen molar-refractivity contribution in [2.45, 2.75) is 32.2 Å². The molecule has 1 atom stereocenters. The molecule has 5 nitrogen and oxygen atoms in total. The lowest BCUT2D eigenvalue weighted by molar-refractivity contribution is -0.137. The molecule has 0 saturated carbocycles. The molecule has 0 spiro atoms. The highest BCUT2D eigenvalue weighted by molar-refractivity contribution is 7.09. The Hall–Kier alpha value is -1.43. The Labute approximate surface area is 103 Å². The van der Waals surface area contributed by atoms with E-state index in [2.05, 4.69) is 4.98 Å². The lowest BCUT2D eigenvalue weighted by Gasteiger charge is -2.22. The molecule has 2 heterocycles. The van der Waals surface area contributed by atoms with Crippen molar-refractivity contribution in [2.24, 2.45) is 0 Å². The molecule has 1 amide bonds. The van der Waals surface area contributed by atoms with E-state index in [0.29, 0.717) is 12.2 Å². The normalized spacial score (nSPS) is 19.6. The van der Waals surface area contributed by atoms with Crippen molar-refractivity contribution in [3.8, 4) is 0 Å². The lowest BCUT2D eigenvalue weighted by atomic mass is 10.1. The summed E-state index contributed by atoms with van der Waals surface area (Å²) in [6, 6.07) is -0.179. The highest BCUT2D eigenvalue weighted by Crippen LogP contribution is 2.23. The van der Waals surface area contributed by atoms with Crippen LogP contribution in [0.5, 0.6) is 0 Å². The van der Waals surface area contributed by atoms with Gasteiger partial charge in [-0.15, -0.1) is 11.3 Å². The van der Waals surface area contributed by atoms with Gasteiger partial charge >= 0.3 is 5.97 Å². The zero-order valence-corrected chi connectivity index (χ0v) is 10.4. The van der Waals surface area contributed by atoms with E-state index in [0.717, 1.165) is 17.8 Å². The number of hydrogen-bond acceptors (Lipinski definition) is 4. The minimum absolute atomic E-state index is 0.0227. The molecular formula is C11H14N2O3S. The minimum atomic E-state index is -0.857. The molecule has 1 fully saturated rings. The standard InChI is InChI=1S/C11H14N2O3S/c1-7-12-9(6-17-7)11(16)13-4-2-3-8(13)5-10(14)15/h6,8H,2-5H2,1H3,(H,14,15). The molecule has 1 aromatic rings. The minimum Gasteiger partial charge on any atom is -0.481 e. The Balaban J connectivity index is 2.10. The predicted molar refractivity (Wildman–Crippen MR) is 63.2 cm³/mol. The van der Waals surface area contributed by atoms with Gasteiger partial charge in [-0.05, 0) is 19.8 Å².